The second-order valence-electron chi connectivity index (χ2n) is 7.25. The quantitative estimate of drug-likeness (QED) is 0.288. The molecule has 1 aromatic heterocycles. The van der Waals surface area contributed by atoms with Gasteiger partial charge in [-0.15, -0.1) is 10.2 Å². The summed E-state index contributed by atoms with van der Waals surface area (Å²) in [5.74, 6) is 1.19. The van der Waals surface area contributed by atoms with Gasteiger partial charge in [0.2, 0.25) is 5.91 Å². The van der Waals surface area contributed by atoms with Gasteiger partial charge in [0, 0.05) is 19.2 Å². The molecule has 0 unspecified atom stereocenters. The first-order valence-electron chi connectivity index (χ1n) is 10.1. The molecular weight excluding hydrogens is 430 g/mol. The van der Waals surface area contributed by atoms with Crippen LogP contribution in [-0.4, -0.2) is 31.3 Å². The summed E-state index contributed by atoms with van der Waals surface area (Å²) in [5.41, 5.74) is 2.32. The molecule has 0 radical (unpaired) electrons. The highest BCUT2D eigenvalue weighted by Crippen LogP contribution is 2.25. The van der Waals surface area contributed by atoms with Gasteiger partial charge in [0.25, 0.3) is 5.69 Å². The van der Waals surface area contributed by atoms with E-state index >= 15 is 0 Å². The molecule has 3 rings (SSSR count). The van der Waals surface area contributed by atoms with E-state index in [1.807, 2.05) is 38.2 Å². The van der Waals surface area contributed by atoms with Crippen molar-refractivity contribution in [3.8, 4) is 5.75 Å². The molecule has 1 heterocycles. The summed E-state index contributed by atoms with van der Waals surface area (Å²) >= 11 is 1.23. The van der Waals surface area contributed by atoms with Gasteiger partial charge in [-0.25, -0.2) is 0 Å². The lowest BCUT2D eigenvalue weighted by atomic mass is 10.2. The number of nitrogens with zero attached hydrogens (tertiary/aromatic N) is 4. The summed E-state index contributed by atoms with van der Waals surface area (Å²) in [6, 6.07) is 12.3. The fraction of sp³-hybridized carbons (Fsp3) is 0.318. The number of ether oxygens (including phenoxy) is 1. The second kappa shape index (κ2) is 10.3. The van der Waals surface area contributed by atoms with E-state index in [2.05, 4.69) is 22.4 Å². The first kappa shape index (κ1) is 23.3. The van der Waals surface area contributed by atoms with Crippen LogP contribution in [-0.2, 0) is 18.3 Å². The van der Waals surface area contributed by atoms with Crippen molar-refractivity contribution in [3.63, 3.8) is 0 Å². The zero-order valence-electron chi connectivity index (χ0n) is 18.4. The molecule has 3 aromatic rings. The van der Waals surface area contributed by atoms with Crippen LogP contribution in [0.1, 0.15) is 36.9 Å². The van der Waals surface area contributed by atoms with E-state index in [-0.39, 0.29) is 23.5 Å². The largest absolute Gasteiger partial charge is 0.483 e. The predicted molar refractivity (Wildman–Crippen MR) is 123 cm³/mol. The van der Waals surface area contributed by atoms with Crippen LogP contribution in [0.5, 0.6) is 5.75 Å². The first-order chi connectivity index (χ1) is 15.3. The van der Waals surface area contributed by atoms with Crippen LogP contribution in [0.2, 0.25) is 0 Å². The molecule has 0 saturated carbocycles. The Balaban J connectivity index is 1.60. The molecule has 1 N–H and O–H groups in total. The maximum absolute atomic E-state index is 12.4. The van der Waals surface area contributed by atoms with Crippen molar-refractivity contribution in [3.05, 3.63) is 69.5 Å². The van der Waals surface area contributed by atoms with E-state index in [1.54, 1.807) is 17.6 Å². The minimum absolute atomic E-state index is 0.0742. The molecule has 0 fully saturated rings. The van der Waals surface area contributed by atoms with Gasteiger partial charge in [0.1, 0.15) is 5.75 Å². The number of hydrogen-bond acceptors (Lipinski definition) is 7. The zero-order chi connectivity index (χ0) is 23.3. The number of anilines is 1. The van der Waals surface area contributed by atoms with Crippen molar-refractivity contribution in [2.45, 2.75) is 38.5 Å². The molecular formula is C22H25N5O4S. The number of carbonyl (C=O) groups is 1. The second-order valence-corrected chi connectivity index (χ2v) is 8.19. The van der Waals surface area contributed by atoms with E-state index in [0.29, 0.717) is 16.7 Å². The smallest absolute Gasteiger partial charge is 0.271 e. The monoisotopic (exact) mass is 455 g/mol. The average molecular weight is 456 g/mol. The van der Waals surface area contributed by atoms with Crippen LogP contribution in [0.25, 0.3) is 0 Å². The Morgan fingerprint density at radius 2 is 1.97 bits per heavy atom. The maximum Gasteiger partial charge on any atom is 0.271 e. The zero-order valence-corrected chi connectivity index (χ0v) is 19.2. The third-order valence-corrected chi connectivity index (χ3v) is 5.94. The van der Waals surface area contributed by atoms with Crippen LogP contribution in [0, 0.1) is 17.0 Å². The fourth-order valence-corrected chi connectivity index (χ4v) is 3.76. The summed E-state index contributed by atoms with van der Waals surface area (Å²) in [7, 11) is 1.82. The van der Waals surface area contributed by atoms with Gasteiger partial charge in [-0.05, 0) is 43.5 Å². The number of nitro groups is 1. The summed E-state index contributed by atoms with van der Waals surface area (Å²) in [5, 5.41) is 22.6. The summed E-state index contributed by atoms with van der Waals surface area (Å²) in [6.45, 7) is 5.77. The molecule has 32 heavy (non-hydrogen) atoms. The number of amides is 1. The van der Waals surface area contributed by atoms with Gasteiger partial charge in [-0.3, -0.25) is 14.9 Å². The van der Waals surface area contributed by atoms with Gasteiger partial charge in [0.15, 0.2) is 17.1 Å². The van der Waals surface area contributed by atoms with Crippen LogP contribution in [0.4, 0.5) is 11.4 Å². The third kappa shape index (κ3) is 5.64. The minimum Gasteiger partial charge on any atom is -0.483 e. The molecule has 1 atom stereocenters. The van der Waals surface area contributed by atoms with E-state index in [4.69, 9.17) is 4.74 Å². The highest BCUT2D eigenvalue weighted by atomic mass is 32.2. The lowest BCUT2D eigenvalue weighted by molar-refractivity contribution is -0.384. The SMILES string of the molecule is CCc1ccc(O[C@H](C)c2nnc(SCC(=O)Nc3cc([N+](=O)[O-])ccc3C)n2C)cc1. The highest BCUT2D eigenvalue weighted by molar-refractivity contribution is 7.99. The molecule has 0 aliphatic carbocycles. The molecule has 0 bridgehead atoms. The number of nitro benzene ring substituents is 1. The van der Waals surface area contributed by atoms with Crippen molar-refractivity contribution in [2.75, 3.05) is 11.1 Å². The number of benzene rings is 2. The van der Waals surface area contributed by atoms with Crippen LogP contribution in [0.3, 0.4) is 0 Å². The lowest BCUT2D eigenvalue weighted by Crippen LogP contribution is -2.15. The molecule has 0 aliphatic heterocycles. The molecule has 168 valence electrons. The Bertz CT molecular complexity index is 1110. The predicted octanol–water partition coefficient (Wildman–Crippen LogP) is 4.46. The van der Waals surface area contributed by atoms with Crippen molar-refractivity contribution < 1.29 is 14.5 Å². The topological polar surface area (TPSA) is 112 Å². The third-order valence-electron chi connectivity index (χ3n) is 4.92. The molecule has 2 aromatic carbocycles. The van der Waals surface area contributed by atoms with E-state index in [9.17, 15) is 14.9 Å². The van der Waals surface area contributed by atoms with E-state index in [0.717, 1.165) is 17.7 Å². The Kier molecular flexibility index (Phi) is 7.47. The first-order valence-corrected chi connectivity index (χ1v) is 11.1. The number of nitrogens with one attached hydrogen (secondary N) is 1. The molecule has 0 aliphatic rings. The van der Waals surface area contributed by atoms with Crippen molar-refractivity contribution >= 4 is 29.0 Å². The molecule has 10 heteroatoms. The van der Waals surface area contributed by atoms with E-state index < -0.39 is 4.92 Å². The van der Waals surface area contributed by atoms with Crippen LogP contribution in [0.15, 0.2) is 47.6 Å². The van der Waals surface area contributed by atoms with Crippen molar-refractivity contribution in [1.82, 2.24) is 14.8 Å². The summed E-state index contributed by atoms with van der Waals surface area (Å²) in [4.78, 5) is 22.8. The molecule has 1 amide bonds. The maximum atomic E-state index is 12.4. The average Bonchev–Trinajstić information content (AvgIpc) is 3.14. The Labute approximate surface area is 190 Å². The van der Waals surface area contributed by atoms with Gasteiger partial charge >= 0.3 is 0 Å². The van der Waals surface area contributed by atoms with Gasteiger partial charge in [0.05, 0.1) is 16.4 Å². The summed E-state index contributed by atoms with van der Waals surface area (Å²) < 4.78 is 7.77. The Hall–Kier alpha value is -3.40. The van der Waals surface area contributed by atoms with Gasteiger partial charge in [-0.1, -0.05) is 36.9 Å². The number of thioether (sulfide) groups is 1. The molecule has 0 spiro atoms. The molecule has 0 saturated heterocycles. The van der Waals surface area contributed by atoms with Crippen LogP contribution < -0.4 is 10.1 Å². The van der Waals surface area contributed by atoms with E-state index in [1.165, 1.54) is 29.5 Å². The van der Waals surface area contributed by atoms with Gasteiger partial charge < -0.3 is 14.6 Å². The highest BCUT2D eigenvalue weighted by Gasteiger charge is 2.18. The summed E-state index contributed by atoms with van der Waals surface area (Å²) in [6.07, 6.45) is 0.643. The number of rotatable bonds is 9. The molecule has 9 nitrogen and oxygen atoms in total. The Morgan fingerprint density at radius 3 is 2.62 bits per heavy atom. The number of non-ortho nitro benzene ring substituents is 1. The fourth-order valence-electron chi connectivity index (χ4n) is 3.04. The number of carbonyl (C=O) groups excluding carboxylic acids is 1. The minimum atomic E-state index is -0.494. The van der Waals surface area contributed by atoms with Crippen LogP contribution >= 0.6 is 11.8 Å². The Morgan fingerprint density at radius 1 is 1.25 bits per heavy atom. The standard InChI is InChI=1S/C22H25N5O4S/c1-5-16-7-10-18(11-8-16)31-15(3)21-24-25-22(26(21)4)32-13-20(28)23-19-12-17(27(29)30)9-6-14(19)2/h6-12,15H,5,13H2,1-4H3,(H,23,28)/t15-/m1/s1. The lowest BCUT2D eigenvalue weighted by Gasteiger charge is -2.14. The number of hydrogen-bond donors (Lipinski definition) is 1. The van der Waals surface area contributed by atoms with Gasteiger partial charge in [-0.2, -0.15) is 0 Å². The van der Waals surface area contributed by atoms with Crippen molar-refractivity contribution in [1.29, 1.82) is 0 Å². The number of aryl methyl sites for hydroxylation is 2. The number of aromatic nitrogens is 3. The normalized spacial score (nSPS) is 11.8. The van der Waals surface area contributed by atoms with Crippen molar-refractivity contribution in [2.24, 2.45) is 7.05 Å².